The maximum absolute atomic E-state index is 13.8. The molecule has 2 aliphatic heterocycles. The number of imide groups is 1. The van der Waals surface area contributed by atoms with Crippen molar-refractivity contribution in [3.63, 3.8) is 0 Å². The van der Waals surface area contributed by atoms with Gasteiger partial charge >= 0.3 is 11.0 Å². The number of amides is 3. The lowest BCUT2D eigenvalue weighted by Crippen LogP contribution is -2.33. The lowest BCUT2D eigenvalue weighted by molar-refractivity contribution is -0.137. The maximum Gasteiger partial charge on any atom is 0.418 e. The summed E-state index contributed by atoms with van der Waals surface area (Å²) < 4.78 is 55.1. The van der Waals surface area contributed by atoms with Crippen LogP contribution in [0.1, 0.15) is 21.9 Å². The first kappa shape index (κ1) is 29.1. The van der Waals surface area contributed by atoms with Crippen LogP contribution in [0.4, 0.5) is 28.9 Å². The van der Waals surface area contributed by atoms with E-state index < -0.39 is 69.5 Å². The number of hydrogen-bond donors (Lipinski definition) is 1. The van der Waals surface area contributed by atoms with E-state index in [1.807, 2.05) is 0 Å². The van der Waals surface area contributed by atoms with E-state index in [0.29, 0.717) is 15.5 Å². The van der Waals surface area contributed by atoms with Crippen molar-refractivity contribution in [1.82, 2.24) is 4.57 Å². The van der Waals surface area contributed by atoms with Crippen molar-refractivity contribution in [2.24, 2.45) is 5.92 Å². The maximum atomic E-state index is 13.8. The summed E-state index contributed by atoms with van der Waals surface area (Å²) in [5.41, 5.74) is -0.723. The smallest absolute Gasteiger partial charge is 0.324 e. The molecule has 7 nitrogen and oxygen atoms in total. The molecule has 3 unspecified atom stereocenters. The predicted octanol–water partition coefficient (Wildman–Crippen LogP) is 6.16. The van der Waals surface area contributed by atoms with Crippen molar-refractivity contribution in [2.75, 3.05) is 10.2 Å². The summed E-state index contributed by atoms with van der Waals surface area (Å²) in [6, 6.07) is 15.9. The number of aromatic nitrogens is 1. The Hall–Kier alpha value is -3.94. The van der Waals surface area contributed by atoms with Gasteiger partial charge in [0.1, 0.15) is 17.6 Å². The average Bonchev–Trinajstić information content (AvgIpc) is 3.40. The summed E-state index contributed by atoms with van der Waals surface area (Å²) in [6.45, 7) is -0.627. The van der Waals surface area contributed by atoms with Crippen LogP contribution in [0.5, 0.6) is 0 Å². The molecule has 3 amide bonds. The largest absolute Gasteiger partial charge is 0.418 e. The second-order valence-electron chi connectivity index (χ2n) is 9.80. The zero-order chi connectivity index (χ0) is 30.6. The van der Waals surface area contributed by atoms with E-state index in [1.165, 1.54) is 24.3 Å². The van der Waals surface area contributed by atoms with Gasteiger partial charge in [-0.15, -0.1) is 0 Å². The summed E-state index contributed by atoms with van der Waals surface area (Å²) in [5.74, 6) is -4.25. The minimum Gasteiger partial charge on any atom is -0.324 e. The normalized spacial score (nSPS) is 19.7. The number of benzene rings is 3. The molecule has 6 rings (SSSR count). The van der Waals surface area contributed by atoms with E-state index in [4.69, 9.17) is 11.6 Å². The van der Waals surface area contributed by atoms with E-state index in [0.717, 1.165) is 56.8 Å². The quantitative estimate of drug-likeness (QED) is 0.207. The molecule has 0 aliphatic carbocycles. The van der Waals surface area contributed by atoms with Crippen LogP contribution in [0, 0.1) is 11.7 Å². The van der Waals surface area contributed by atoms with Crippen LogP contribution < -0.4 is 15.1 Å². The van der Waals surface area contributed by atoms with E-state index in [2.05, 4.69) is 5.32 Å². The van der Waals surface area contributed by atoms with Gasteiger partial charge in [-0.1, -0.05) is 59.0 Å². The number of nitrogens with zero attached hydrogens (tertiary/aromatic N) is 2. The molecule has 220 valence electrons. The van der Waals surface area contributed by atoms with Gasteiger partial charge in [0.05, 0.1) is 27.9 Å². The molecule has 0 radical (unpaired) electrons. The highest BCUT2D eigenvalue weighted by Gasteiger charge is 2.56. The Morgan fingerprint density at radius 3 is 2.28 bits per heavy atom. The van der Waals surface area contributed by atoms with E-state index in [-0.39, 0.29) is 10.7 Å². The predicted molar refractivity (Wildman–Crippen MR) is 154 cm³/mol. The van der Waals surface area contributed by atoms with Crippen LogP contribution in [0.3, 0.4) is 0 Å². The standard InChI is InChI=1S/C29H18ClF4N3O4S2/c30-15-7-5-14(6-8-15)21-22-23(26(40)37(25(22)39)17-11-9-16(31)10-12-17)42-27-24(21)43-28(41)36(27)13-20(38)35-19-4-2-1-3-18(19)29(32,33)34/h1-12,21-23H,13H2,(H,35,38). The molecule has 1 saturated heterocycles. The number of carbonyl (C=O) groups excluding carboxylic acids is 3. The molecule has 3 aromatic carbocycles. The second-order valence-corrected chi connectivity index (χ2v) is 12.4. The van der Waals surface area contributed by atoms with Gasteiger partial charge in [0.25, 0.3) is 0 Å². The number of alkyl halides is 3. The molecule has 14 heteroatoms. The molecule has 0 spiro atoms. The van der Waals surface area contributed by atoms with Gasteiger partial charge in [-0.05, 0) is 54.1 Å². The molecular formula is C29H18ClF4N3O4S2. The number of halogens is 5. The molecule has 0 saturated carbocycles. The van der Waals surface area contributed by atoms with Crippen molar-refractivity contribution in [3.05, 3.63) is 109 Å². The van der Waals surface area contributed by atoms with E-state index in [9.17, 15) is 36.7 Å². The van der Waals surface area contributed by atoms with Gasteiger partial charge in [0, 0.05) is 15.8 Å². The number of carbonyl (C=O) groups is 3. The highest BCUT2D eigenvalue weighted by molar-refractivity contribution is 8.00. The number of hydrogen-bond acceptors (Lipinski definition) is 6. The van der Waals surface area contributed by atoms with Crippen LogP contribution in [-0.4, -0.2) is 27.5 Å². The fraction of sp³-hybridized carbons (Fsp3) is 0.172. The van der Waals surface area contributed by atoms with Gasteiger partial charge < -0.3 is 5.32 Å². The van der Waals surface area contributed by atoms with Gasteiger partial charge in [-0.3, -0.25) is 23.7 Å². The van der Waals surface area contributed by atoms with Crippen molar-refractivity contribution in [2.45, 2.75) is 28.9 Å². The van der Waals surface area contributed by atoms with Crippen LogP contribution in [-0.2, 0) is 27.1 Å². The SMILES string of the molecule is O=C(Cn1c2c(sc1=O)C(c1ccc(Cl)cc1)C1C(=O)N(c3ccc(F)cc3)C(=O)C1S2)Nc1ccccc1C(F)(F)F. The number of anilines is 2. The van der Waals surface area contributed by atoms with Crippen LogP contribution in [0.25, 0.3) is 0 Å². The monoisotopic (exact) mass is 647 g/mol. The Labute approximate surface area is 254 Å². The first-order chi connectivity index (χ1) is 20.4. The summed E-state index contributed by atoms with van der Waals surface area (Å²) in [4.78, 5) is 54.6. The average molecular weight is 648 g/mol. The third kappa shape index (κ3) is 5.25. The van der Waals surface area contributed by atoms with Gasteiger partial charge in [-0.25, -0.2) is 9.29 Å². The third-order valence-electron chi connectivity index (χ3n) is 7.17. The summed E-state index contributed by atoms with van der Waals surface area (Å²) >= 11 is 7.83. The Morgan fingerprint density at radius 1 is 0.930 bits per heavy atom. The van der Waals surface area contributed by atoms with Gasteiger partial charge in [0.15, 0.2) is 0 Å². The van der Waals surface area contributed by atoms with Crippen molar-refractivity contribution < 1.29 is 31.9 Å². The number of rotatable bonds is 5. The molecule has 3 heterocycles. The molecule has 43 heavy (non-hydrogen) atoms. The summed E-state index contributed by atoms with van der Waals surface area (Å²) in [6.07, 6.45) is -4.72. The number of fused-ring (bicyclic) bond motifs is 2. The Bertz CT molecular complexity index is 1820. The number of thiazole rings is 1. The Balaban J connectivity index is 1.39. The van der Waals surface area contributed by atoms with Crippen molar-refractivity contribution in [1.29, 1.82) is 0 Å². The van der Waals surface area contributed by atoms with Crippen LogP contribution in [0.2, 0.25) is 5.02 Å². The molecule has 3 atom stereocenters. The molecule has 1 fully saturated rings. The number of thioether (sulfide) groups is 1. The molecular weight excluding hydrogens is 630 g/mol. The van der Waals surface area contributed by atoms with Gasteiger partial charge in [-0.2, -0.15) is 13.2 Å². The molecule has 1 aromatic heterocycles. The lowest BCUT2D eigenvalue weighted by Gasteiger charge is -2.30. The molecule has 2 aliphatic rings. The number of para-hydroxylation sites is 1. The highest BCUT2D eigenvalue weighted by Crippen LogP contribution is 2.54. The van der Waals surface area contributed by atoms with E-state index in [1.54, 1.807) is 24.3 Å². The molecule has 4 aromatic rings. The zero-order valence-corrected chi connectivity index (χ0v) is 24.0. The Kier molecular flexibility index (Phi) is 7.43. The first-order valence-electron chi connectivity index (χ1n) is 12.7. The third-order valence-corrected chi connectivity index (χ3v) is 10.0. The zero-order valence-electron chi connectivity index (χ0n) is 21.6. The van der Waals surface area contributed by atoms with Gasteiger partial charge in [0.2, 0.25) is 17.7 Å². The summed E-state index contributed by atoms with van der Waals surface area (Å²) in [7, 11) is 0. The summed E-state index contributed by atoms with van der Waals surface area (Å²) in [5, 5.41) is 1.92. The lowest BCUT2D eigenvalue weighted by atomic mass is 9.83. The molecule has 1 N–H and O–H groups in total. The van der Waals surface area contributed by atoms with Crippen LogP contribution >= 0.6 is 34.7 Å². The van der Waals surface area contributed by atoms with Crippen LogP contribution in [0.15, 0.2) is 82.6 Å². The highest BCUT2D eigenvalue weighted by atomic mass is 35.5. The topological polar surface area (TPSA) is 88.5 Å². The first-order valence-corrected chi connectivity index (χ1v) is 14.8. The fourth-order valence-corrected chi connectivity index (χ4v) is 8.20. The minimum absolute atomic E-state index is 0.185. The van der Waals surface area contributed by atoms with Crippen molar-refractivity contribution >= 4 is 63.8 Å². The molecule has 0 bridgehead atoms. The minimum atomic E-state index is -4.72. The van der Waals surface area contributed by atoms with Crippen molar-refractivity contribution in [3.8, 4) is 0 Å². The fourth-order valence-electron chi connectivity index (χ4n) is 5.30. The second kappa shape index (κ2) is 11.0. The Morgan fingerprint density at radius 2 is 1.60 bits per heavy atom. The van der Waals surface area contributed by atoms with E-state index >= 15 is 0 Å². The number of nitrogens with one attached hydrogen (secondary N) is 1.